The Morgan fingerprint density at radius 2 is 2.00 bits per heavy atom. The molecule has 5 heteroatoms. The summed E-state index contributed by atoms with van der Waals surface area (Å²) in [6.07, 6.45) is 1.82. The van der Waals surface area contributed by atoms with Crippen molar-refractivity contribution in [3.8, 4) is 0 Å². The normalized spacial score (nSPS) is 19.1. The van der Waals surface area contributed by atoms with Crippen molar-refractivity contribution in [1.82, 2.24) is 9.88 Å². The average molecular weight is 278 g/mol. The Morgan fingerprint density at radius 1 is 1.35 bits per heavy atom. The van der Waals surface area contributed by atoms with E-state index in [4.69, 9.17) is 5.73 Å². The fraction of sp³-hybridized carbons (Fsp3) is 0.667. The van der Waals surface area contributed by atoms with Crippen LogP contribution in [0.15, 0.2) is 18.3 Å². The SMILES string of the molecule is CC(N)c1cccnc1N1CCN(CC(C)(C)O)CC1. The zero-order valence-electron chi connectivity index (χ0n) is 12.7. The minimum Gasteiger partial charge on any atom is -0.389 e. The maximum atomic E-state index is 9.89. The number of piperazine rings is 1. The number of nitrogens with zero attached hydrogens (tertiary/aromatic N) is 3. The average Bonchev–Trinajstić information content (AvgIpc) is 2.38. The molecular formula is C15H26N4O. The van der Waals surface area contributed by atoms with Gasteiger partial charge in [-0.15, -0.1) is 0 Å². The lowest BCUT2D eigenvalue weighted by atomic mass is 10.1. The molecule has 0 spiro atoms. The van der Waals surface area contributed by atoms with E-state index in [1.165, 1.54) is 0 Å². The first-order chi connectivity index (χ1) is 9.37. The van der Waals surface area contributed by atoms with Crippen LogP contribution < -0.4 is 10.6 Å². The molecule has 0 radical (unpaired) electrons. The largest absolute Gasteiger partial charge is 0.389 e. The number of nitrogens with two attached hydrogens (primary N) is 1. The molecule has 2 heterocycles. The van der Waals surface area contributed by atoms with Gasteiger partial charge < -0.3 is 15.7 Å². The van der Waals surface area contributed by atoms with Gasteiger partial charge in [-0.1, -0.05) is 6.07 Å². The maximum Gasteiger partial charge on any atom is 0.133 e. The molecule has 3 N–H and O–H groups in total. The van der Waals surface area contributed by atoms with Crippen LogP contribution in [0.25, 0.3) is 0 Å². The second kappa shape index (κ2) is 6.08. The Balaban J connectivity index is 2.01. The molecule has 1 atom stereocenters. The molecule has 1 aliphatic rings. The van der Waals surface area contributed by atoms with Crippen LogP contribution in [0.5, 0.6) is 0 Å². The molecule has 1 unspecified atom stereocenters. The third-order valence-corrected chi connectivity index (χ3v) is 3.59. The molecule has 0 saturated carbocycles. The summed E-state index contributed by atoms with van der Waals surface area (Å²) in [6.45, 7) is 10.1. The number of hydrogen-bond acceptors (Lipinski definition) is 5. The summed E-state index contributed by atoms with van der Waals surface area (Å²) in [6, 6.07) is 3.98. The lowest BCUT2D eigenvalue weighted by Gasteiger charge is -2.38. The third kappa shape index (κ3) is 3.91. The van der Waals surface area contributed by atoms with Gasteiger partial charge in [-0.2, -0.15) is 0 Å². The minimum atomic E-state index is -0.635. The van der Waals surface area contributed by atoms with Crippen molar-refractivity contribution < 1.29 is 5.11 Å². The summed E-state index contributed by atoms with van der Waals surface area (Å²) in [5.74, 6) is 1.01. The van der Waals surface area contributed by atoms with Crippen LogP contribution in [0.1, 0.15) is 32.4 Å². The van der Waals surface area contributed by atoms with Crippen molar-refractivity contribution in [3.63, 3.8) is 0 Å². The lowest BCUT2D eigenvalue weighted by Crippen LogP contribution is -2.51. The topological polar surface area (TPSA) is 65.6 Å². The number of anilines is 1. The van der Waals surface area contributed by atoms with Crippen LogP contribution in [0, 0.1) is 0 Å². The highest BCUT2D eigenvalue weighted by molar-refractivity contribution is 5.48. The molecule has 5 nitrogen and oxygen atoms in total. The summed E-state index contributed by atoms with van der Waals surface area (Å²) in [5, 5.41) is 9.89. The maximum absolute atomic E-state index is 9.89. The Bertz CT molecular complexity index is 434. The second-order valence-electron chi connectivity index (χ2n) is 6.28. The third-order valence-electron chi connectivity index (χ3n) is 3.59. The van der Waals surface area contributed by atoms with Gasteiger partial charge in [0.25, 0.3) is 0 Å². The van der Waals surface area contributed by atoms with Crippen molar-refractivity contribution in [2.75, 3.05) is 37.6 Å². The number of aromatic nitrogens is 1. The van der Waals surface area contributed by atoms with Gasteiger partial charge in [0, 0.05) is 50.5 Å². The summed E-state index contributed by atoms with van der Waals surface area (Å²) in [4.78, 5) is 9.09. The Hall–Kier alpha value is -1.17. The molecular weight excluding hydrogens is 252 g/mol. The van der Waals surface area contributed by atoms with E-state index in [1.807, 2.05) is 33.0 Å². The second-order valence-corrected chi connectivity index (χ2v) is 6.28. The molecule has 1 aliphatic heterocycles. The number of β-amino-alcohol motifs (C(OH)–C–C–N with tert-alkyl or cyclic N) is 1. The van der Waals surface area contributed by atoms with Crippen LogP contribution >= 0.6 is 0 Å². The number of rotatable bonds is 4. The fourth-order valence-electron chi connectivity index (χ4n) is 2.69. The monoisotopic (exact) mass is 278 g/mol. The van der Waals surface area contributed by atoms with Gasteiger partial charge in [-0.3, -0.25) is 4.90 Å². The van der Waals surface area contributed by atoms with Crippen LogP contribution in [0.3, 0.4) is 0 Å². The van der Waals surface area contributed by atoms with Crippen molar-refractivity contribution in [1.29, 1.82) is 0 Å². The summed E-state index contributed by atoms with van der Waals surface area (Å²) < 4.78 is 0. The van der Waals surface area contributed by atoms with E-state index >= 15 is 0 Å². The summed E-state index contributed by atoms with van der Waals surface area (Å²) in [7, 11) is 0. The quantitative estimate of drug-likeness (QED) is 0.860. The predicted octanol–water partition coefficient (Wildman–Crippen LogP) is 0.994. The molecule has 1 saturated heterocycles. The highest BCUT2D eigenvalue weighted by Crippen LogP contribution is 2.23. The van der Waals surface area contributed by atoms with Crippen LogP contribution in [0.4, 0.5) is 5.82 Å². The molecule has 0 bridgehead atoms. The van der Waals surface area contributed by atoms with Gasteiger partial charge in [0.05, 0.1) is 5.60 Å². The Morgan fingerprint density at radius 3 is 2.55 bits per heavy atom. The molecule has 20 heavy (non-hydrogen) atoms. The fourth-order valence-corrected chi connectivity index (χ4v) is 2.69. The van der Waals surface area contributed by atoms with Gasteiger partial charge >= 0.3 is 0 Å². The number of aliphatic hydroxyl groups is 1. The molecule has 1 fully saturated rings. The van der Waals surface area contributed by atoms with Crippen molar-refractivity contribution in [3.05, 3.63) is 23.9 Å². The molecule has 1 aromatic rings. The van der Waals surface area contributed by atoms with E-state index < -0.39 is 5.60 Å². The van der Waals surface area contributed by atoms with Gasteiger partial charge in [0.15, 0.2) is 0 Å². The van der Waals surface area contributed by atoms with E-state index in [-0.39, 0.29) is 6.04 Å². The first-order valence-corrected chi connectivity index (χ1v) is 7.27. The molecule has 0 aliphatic carbocycles. The first-order valence-electron chi connectivity index (χ1n) is 7.27. The highest BCUT2D eigenvalue weighted by Gasteiger charge is 2.24. The molecule has 0 amide bonds. The molecule has 2 rings (SSSR count). The highest BCUT2D eigenvalue weighted by atomic mass is 16.3. The zero-order chi connectivity index (χ0) is 14.8. The van der Waals surface area contributed by atoms with Gasteiger partial charge in [-0.25, -0.2) is 4.98 Å². The molecule has 112 valence electrons. The number of pyridine rings is 1. The molecule has 0 aromatic carbocycles. The van der Waals surface area contributed by atoms with Gasteiger partial charge in [0.1, 0.15) is 5.82 Å². The zero-order valence-corrected chi connectivity index (χ0v) is 12.7. The summed E-state index contributed by atoms with van der Waals surface area (Å²) in [5.41, 5.74) is 6.49. The lowest BCUT2D eigenvalue weighted by molar-refractivity contribution is 0.0344. The van der Waals surface area contributed by atoms with E-state index in [0.717, 1.165) is 37.6 Å². The Kier molecular flexibility index (Phi) is 4.62. The minimum absolute atomic E-state index is 0.00638. The van der Waals surface area contributed by atoms with E-state index in [2.05, 4.69) is 20.9 Å². The van der Waals surface area contributed by atoms with E-state index in [9.17, 15) is 5.11 Å². The number of hydrogen-bond donors (Lipinski definition) is 2. The molecule has 1 aromatic heterocycles. The van der Waals surface area contributed by atoms with E-state index in [1.54, 1.807) is 0 Å². The van der Waals surface area contributed by atoms with Crippen LogP contribution in [-0.2, 0) is 0 Å². The van der Waals surface area contributed by atoms with Crippen molar-refractivity contribution >= 4 is 5.82 Å². The Labute approximate surface area is 121 Å². The smallest absolute Gasteiger partial charge is 0.133 e. The van der Waals surface area contributed by atoms with Gasteiger partial charge in [0.2, 0.25) is 0 Å². The van der Waals surface area contributed by atoms with Crippen molar-refractivity contribution in [2.45, 2.75) is 32.4 Å². The first kappa shape index (κ1) is 15.2. The van der Waals surface area contributed by atoms with Gasteiger partial charge in [-0.05, 0) is 26.8 Å². The van der Waals surface area contributed by atoms with Crippen LogP contribution in [-0.4, -0.2) is 53.3 Å². The standard InChI is InChI=1S/C15H26N4O/c1-12(16)13-5-4-6-17-14(13)19-9-7-18(8-10-19)11-15(2,3)20/h4-6,12,20H,7-11,16H2,1-3H3. The van der Waals surface area contributed by atoms with Crippen LogP contribution in [0.2, 0.25) is 0 Å². The summed E-state index contributed by atoms with van der Waals surface area (Å²) >= 11 is 0. The van der Waals surface area contributed by atoms with Crippen molar-refractivity contribution in [2.24, 2.45) is 5.73 Å². The predicted molar refractivity (Wildman–Crippen MR) is 81.8 cm³/mol. The van der Waals surface area contributed by atoms with E-state index in [0.29, 0.717) is 6.54 Å².